The number of nitrogens with zero attached hydrogens (tertiary/aromatic N) is 4. The first-order chi connectivity index (χ1) is 9.90. The molecule has 5 heteroatoms. The monoisotopic (exact) mass is 277 g/mol. The van der Waals surface area contributed by atoms with Gasteiger partial charge in [-0.05, 0) is 39.0 Å². The summed E-state index contributed by atoms with van der Waals surface area (Å²) in [6, 6.07) is 1.87. The first kappa shape index (κ1) is 15.2. The fourth-order valence-electron chi connectivity index (χ4n) is 2.62. The molecular weight excluding hydrogens is 250 g/mol. The van der Waals surface area contributed by atoms with Gasteiger partial charge >= 0.3 is 0 Å². The van der Waals surface area contributed by atoms with Crippen LogP contribution in [0.25, 0.3) is 0 Å². The molecule has 0 amide bonds. The van der Waals surface area contributed by atoms with Gasteiger partial charge in [0, 0.05) is 38.6 Å². The van der Waals surface area contributed by atoms with Gasteiger partial charge < -0.3 is 10.2 Å². The van der Waals surface area contributed by atoms with E-state index in [9.17, 15) is 0 Å². The molecule has 0 aromatic carbocycles. The number of nitrogens with one attached hydrogen (secondary N) is 1. The van der Waals surface area contributed by atoms with Crippen LogP contribution in [0.5, 0.6) is 0 Å². The Morgan fingerprint density at radius 2 is 1.70 bits per heavy atom. The molecule has 0 bridgehead atoms. The lowest BCUT2D eigenvalue weighted by Gasteiger charge is -2.34. The van der Waals surface area contributed by atoms with Crippen molar-refractivity contribution in [1.82, 2.24) is 20.2 Å². The second-order valence-electron chi connectivity index (χ2n) is 5.40. The van der Waals surface area contributed by atoms with Crippen LogP contribution < -0.4 is 10.2 Å². The van der Waals surface area contributed by atoms with Gasteiger partial charge in [0.05, 0.1) is 0 Å². The van der Waals surface area contributed by atoms with Gasteiger partial charge in [-0.15, -0.1) is 0 Å². The molecule has 1 aromatic heterocycles. The Morgan fingerprint density at radius 1 is 1.00 bits per heavy atom. The van der Waals surface area contributed by atoms with Gasteiger partial charge in [-0.2, -0.15) is 0 Å². The number of hydrogen-bond acceptors (Lipinski definition) is 5. The van der Waals surface area contributed by atoms with Crippen molar-refractivity contribution in [2.24, 2.45) is 0 Å². The van der Waals surface area contributed by atoms with E-state index >= 15 is 0 Å². The van der Waals surface area contributed by atoms with Crippen LogP contribution in [0.15, 0.2) is 18.5 Å². The minimum Gasteiger partial charge on any atom is -0.338 e. The summed E-state index contributed by atoms with van der Waals surface area (Å²) in [7, 11) is 2.02. The number of unbranched alkanes of at least 4 members (excludes halogenated alkanes) is 3. The van der Waals surface area contributed by atoms with E-state index in [1.165, 1.54) is 32.2 Å². The minimum absolute atomic E-state index is 0.874. The third kappa shape index (κ3) is 5.06. The van der Waals surface area contributed by atoms with Crippen LogP contribution in [-0.4, -0.2) is 61.2 Å². The van der Waals surface area contributed by atoms with Crippen molar-refractivity contribution < 1.29 is 0 Å². The molecule has 0 unspecified atom stereocenters. The zero-order chi connectivity index (χ0) is 14.0. The average molecular weight is 277 g/mol. The van der Waals surface area contributed by atoms with Crippen LogP contribution in [0.2, 0.25) is 0 Å². The van der Waals surface area contributed by atoms with Gasteiger partial charge in [0.25, 0.3) is 0 Å². The Morgan fingerprint density at radius 3 is 2.40 bits per heavy atom. The molecule has 0 atom stereocenters. The second kappa shape index (κ2) is 8.87. The zero-order valence-electron chi connectivity index (χ0n) is 12.6. The van der Waals surface area contributed by atoms with Crippen LogP contribution in [-0.2, 0) is 0 Å². The summed E-state index contributed by atoms with van der Waals surface area (Å²) in [6.07, 6.45) is 8.96. The minimum atomic E-state index is 0.874. The van der Waals surface area contributed by atoms with Gasteiger partial charge in [-0.3, -0.25) is 4.90 Å². The molecule has 1 fully saturated rings. The zero-order valence-corrected chi connectivity index (χ0v) is 12.6. The van der Waals surface area contributed by atoms with E-state index in [4.69, 9.17) is 0 Å². The van der Waals surface area contributed by atoms with E-state index in [2.05, 4.69) is 25.1 Å². The molecule has 0 saturated carbocycles. The molecule has 1 aliphatic heterocycles. The first-order valence-corrected chi connectivity index (χ1v) is 7.79. The summed E-state index contributed by atoms with van der Waals surface area (Å²) in [5.41, 5.74) is 0. The Balaban J connectivity index is 1.58. The van der Waals surface area contributed by atoms with Crippen molar-refractivity contribution in [3.63, 3.8) is 0 Å². The summed E-state index contributed by atoms with van der Waals surface area (Å²) in [6.45, 7) is 6.75. The van der Waals surface area contributed by atoms with E-state index in [0.717, 1.165) is 38.7 Å². The maximum atomic E-state index is 4.32. The molecule has 1 N–H and O–H groups in total. The highest BCUT2D eigenvalue weighted by Gasteiger charge is 2.17. The van der Waals surface area contributed by atoms with Crippen molar-refractivity contribution in [3.8, 4) is 0 Å². The molecule has 1 saturated heterocycles. The van der Waals surface area contributed by atoms with Crippen LogP contribution in [0, 0.1) is 0 Å². The number of hydrogen-bond donors (Lipinski definition) is 1. The van der Waals surface area contributed by atoms with E-state index in [1.54, 1.807) is 0 Å². The molecule has 20 heavy (non-hydrogen) atoms. The lowest BCUT2D eigenvalue weighted by molar-refractivity contribution is 0.251. The number of aromatic nitrogens is 2. The first-order valence-electron chi connectivity index (χ1n) is 7.79. The lowest BCUT2D eigenvalue weighted by atomic mass is 10.2. The SMILES string of the molecule is CNCCCCCCN1CCN(c2ncccn2)CC1. The molecule has 5 nitrogen and oxygen atoms in total. The summed E-state index contributed by atoms with van der Waals surface area (Å²) in [5, 5.41) is 3.20. The molecule has 0 radical (unpaired) electrons. The van der Waals surface area contributed by atoms with Gasteiger partial charge in [0.15, 0.2) is 0 Å². The quantitative estimate of drug-likeness (QED) is 0.727. The third-order valence-electron chi connectivity index (χ3n) is 3.86. The maximum absolute atomic E-state index is 4.32. The molecule has 2 rings (SSSR count). The second-order valence-corrected chi connectivity index (χ2v) is 5.40. The maximum Gasteiger partial charge on any atom is 0.225 e. The molecular formula is C15H27N5. The van der Waals surface area contributed by atoms with Crippen molar-refractivity contribution >= 4 is 5.95 Å². The topological polar surface area (TPSA) is 44.3 Å². The fraction of sp³-hybridized carbons (Fsp3) is 0.733. The fourth-order valence-corrected chi connectivity index (χ4v) is 2.62. The molecule has 0 aliphatic carbocycles. The predicted octanol–water partition coefficient (Wildman–Crippen LogP) is 1.38. The third-order valence-corrected chi connectivity index (χ3v) is 3.86. The Kier molecular flexibility index (Phi) is 6.74. The van der Waals surface area contributed by atoms with Crippen molar-refractivity contribution in [1.29, 1.82) is 0 Å². The Bertz CT molecular complexity index is 349. The van der Waals surface area contributed by atoms with Gasteiger partial charge in [-0.25, -0.2) is 9.97 Å². The van der Waals surface area contributed by atoms with Crippen molar-refractivity contribution in [3.05, 3.63) is 18.5 Å². The smallest absolute Gasteiger partial charge is 0.225 e. The Labute approximate surface area is 122 Å². The number of piperazine rings is 1. The molecule has 1 aromatic rings. The average Bonchev–Trinajstić information content (AvgIpc) is 2.52. The Hall–Kier alpha value is -1.20. The summed E-state index contributed by atoms with van der Waals surface area (Å²) in [5.74, 6) is 0.874. The van der Waals surface area contributed by atoms with E-state index in [1.807, 2.05) is 25.5 Å². The van der Waals surface area contributed by atoms with Crippen LogP contribution in [0.3, 0.4) is 0 Å². The van der Waals surface area contributed by atoms with Crippen LogP contribution in [0.1, 0.15) is 25.7 Å². The highest BCUT2D eigenvalue weighted by Crippen LogP contribution is 2.10. The van der Waals surface area contributed by atoms with Gasteiger partial charge in [0.2, 0.25) is 5.95 Å². The highest BCUT2D eigenvalue weighted by molar-refractivity contribution is 5.29. The highest BCUT2D eigenvalue weighted by atomic mass is 15.3. The van der Waals surface area contributed by atoms with Gasteiger partial charge in [0.1, 0.15) is 0 Å². The molecule has 112 valence electrons. The largest absolute Gasteiger partial charge is 0.338 e. The van der Waals surface area contributed by atoms with E-state index < -0.39 is 0 Å². The number of rotatable bonds is 8. The van der Waals surface area contributed by atoms with Crippen molar-refractivity contribution in [2.45, 2.75) is 25.7 Å². The predicted molar refractivity (Wildman–Crippen MR) is 83.1 cm³/mol. The summed E-state index contributed by atoms with van der Waals surface area (Å²) in [4.78, 5) is 13.5. The van der Waals surface area contributed by atoms with E-state index in [-0.39, 0.29) is 0 Å². The van der Waals surface area contributed by atoms with Crippen LogP contribution >= 0.6 is 0 Å². The normalized spacial score (nSPS) is 16.6. The standard InChI is InChI=1S/C15H27N5/c1-16-7-4-2-3-5-10-19-11-13-20(14-12-19)15-17-8-6-9-18-15/h6,8-9,16H,2-5,7,10-14H2,1H3. The lowest BCUT2D eigenvalue weighted by Crippen LogP contribution is -2.47. The molecule has 1 aliphatic rings. The number of anilines is 1. The molecule has 0 spiro atoms. The van der Waals surface area contributed by atoms with Crippen molar-refractivity contribution in [2.75, 3.05) is 51.2 Å². The van der Waals surface area contributed by atoms with E-state index in [0.29, 0.717) is 0 Å². The summed E-state index contributed by atoms with van der Waals surface area (Å²) >= 11 is 0. The van der Waals surface area contributed by atoms with Gasteiger partial charge in [-0.1, -0.05) is 12.8 Å². The van der Waals surface area contributed by atoms with Crippen LogP contribution in [0.4, 0.5) is 5.95 Å². The molecule has 2 heterocycles. The summed E-state index contributed by atoms with van der Waals surface area (Å²) < 4.78 is 0.